The van der Waals surface area contributed by atoms with E-state index in [4.69, 9.17) is 15.2 Å². The van der Waals surface area contributed by atoms with E-state index in [0.29, 0.717) is 17.8 Å². The van der Waals surface area contributed by atoms with Gasteiger partial charge in [-0.3, -0.25) is 9.69 Å². The Hall–Kier alpha value is -1.20. The zero-order chi connectivity index (χ0) is 21.2. The quantitative estimate of drug-likeness (QED) is 0.690. The van der Waals surface area contributed by atoms with Gasteiger partial charge in [0.05, 0.1) is 37.5 Å². The van der Waals surface area contributed by atoms with Gasteiger partial charge in [0.15, 0.2) is 0 Å². The molecule has 0 radical (unpaired) electrons. The highest BCUT2D eigenvalue weighted by Crippen LogP contribution is 2.64. The fourth-order valence-corrected chi connectivity index (χ4v) is 8.31. The van der Waals surface area contributed by atoms with Crippen LogP contribution in [0.2, 0.25) is 0 Å². The molecule has 5 unspecified atom stereocenters. The lowest BCUT2D eigenvalue weighted by Gasteiger charge is -2.63. The molecule has 7 nitrogen and oxygen atoms in total. The minimum Gasteiger partial charge on any atom is -0.379 e. The summed E-state index contributed by atoms with van der Waals surface area (Å²) in [7, 11) is 0. The first-order valence-electron chi connectivity index (χ1n) is 12.4. The maximum atomic E-state index is 13.6. The zero-order valence-corrected chi connectivity index (χ0v) is 18.5. The van der Waals surface area contributed by atoms with E-state index in [0.717, 1.165) is 84.4 Å². The second kappa shape index (κ2) is 7.41. The molecule has 170 valence electrons. The van der Waals surface area contributed by atoms with Gasteiger partial charge in [-0.2, -0.15) is 5.26 Å². The molecule has 2 aliphatic heterocycles. The van der Waals surface area contributed by atoms with E-state index < -0.39 is 6.04 Å². The number of rotatable bonds is 6. The van der Waals surface area contributed by atoms with Crippen LogP contribution in [0.4, 0.5) is 0 Å². The van der Waals surface area contributed by atoms with Crippen LogP contribution in [-0.4, -0.2) is 78.9 Å². The standard InChI is InChI=1S/C24H36N4O3/c25-14-19-8-18-9-20(18)28(19)22(29)21(26)23-10-16-7-17(11-23)13-24(12-16,15-23)31-6-3-27-1-4-30-5-2-27/h16-21H,1-13,15,26H2/t16?,17?,18?,19?,20?,21-,23?,24?/m1/s1. The summed E-state index contributed by atoms with van der Waals surface area (Å²) in [6, 6.07) is 1.88. The van der Waals surface area contributed by atoms with E-state index in [-0.39, 0.29) is 29.0 Å². The van der Waals surface area contributed by atoms with Crippen LogP contribution in [0.1, 0.15) is 51.4 Å². The molecule has 7 rings (SSSR count). The third-order valence-electron chi connectivity index (χ3n) is 9.41. The minimum atomic E-state index is -0.490. The Kier molecular flexibility index (Phi) is 4.88. The molecule has 4 bridgehead atoms. The molecule has 7 fully saturated rings. The smallest absolute Gasteiger partial charge is 0.241 e. The zero-order valence-electron chi connectivity index (χ0n) is 18.5. The Morgan fingerprint density at radius 3 is 2.61 bits per heavy atom. The van der Waals surface area contributed by atoms with Crippen molar-refractivity contribution in [3.8, 4) is 6.07 Å². The number of carbonyl (C=O) groups is 1. The number of hydrogen-bond acceptors (Lipinski definition) is 6. The van der Waals surface area contributed by atoms with Crippen molar-refractivity contribution in [2.24, 2.45) is 28.9 Å². The molecule has 5 aliphatic carbocycles. The van der Waals surface area contributed by atoms with E-state index in [1.807, 2.05) is 4.90 Å². The number of ether oxygens (including phenoxy) is 2. The van der Waals surface area contributed by atoms with Gasteiger partial charge in [0.2, 0.25) is 5.91 Å². The number of morpholine rings is 1. The predicted octanol–water partition coefficient (Wildman–Crippen LogP) is 1.51. The van der Waals surface area contributed by atoms with Crippen LogP contribution < -0.4 is 5.73 Å². The molecule has 2 saturated heterocycles. The molecule has 6 atom stereocenters. The van der Waals surface area contributed by atoms with Crippen molar-refractivity contribution in [3.05, 3.63) is 0 Å². The van der Waals surface area contributed by atoms with Gasteiger partial charge < -0.3 is 20.1 Å². The first-order valence-corrected chi connectivity index (χ1v) is 12.4. The van der Waals surface area contributed by atoms with E-state index in [2.05, 4.69) is 11.0 Å². The summed E-state index contributed by atoms with van der Waals surface area (Å²) in [6.45, 7) is 5.32. The van der Waals surface area contributed by atoms with E-state index in [1.165, 1.54) is 6.42 Å². The van der Waals surface area contributed by atoms with Gasteiger partial charge >= 0.3 is 0 Å². The number of nitrogens with two attached hydrogens (primary N) is 1. The molecular weight excluding hydrogens is 392 g/mol. The lowest BCUT2D eigenvalue weighted by atomic mass is 9.46. The van der Waals surface area contributed by atoms with Crippen molar-refractivity contribution in [2.75, 3.05) is 39.5 Å². The van der Waals surface area contributed by atoms with Crippen molar-refractivity contribution < 1.29 is 14.3 Å². The predicted molar refractivity (Wildman–Crippen MR) is 114 cm³/mol. The van der Waals surface area contributed by atoms with Gasteiger partial charge in [0.1, 0.15) is 6.04 Å². The highest BCUT2D eigenvalue weighted by molar-refractivity contribution is 5.84. The Morgan fingerprint density at radius 1 is 1.16 bits per heavy atom. The van der Waals surface area contributed by atoms with Gasteiger partial charge in [0, 0.05) is 25.7 Å². The highest BCUT2D eigenvalue weighted by atomic mass is 16.5. The van der Waals surface area contributed by atoms with Gasteiger partial charge in [-0.1, -0.05) is 0 Å². The summed E-state index contributed by atoms with van der Waals surface area (Å²) in [5.41, 5.74) is 6.57. The number of likely N-dealkylation sites (tertiary alicyclic amines) is 1. The molecule has 0 aromatic heterocycles. The Morgan fingerprint density at radius 2 is 1.90 bits per heavy atom. The Labute approximate surface area is 185 Å². The average molecular weight is 429 g/mol. The molecule has 1 amide bonds. The van der Waals surface area contributed by atoms with E-state index in [1.54, 1.807) is 0 Å². The summed E-state index contributed by atoms with van der Waals surface area (Å²) < 4.78 is 12.1. The molecule has 5 saturated carbocycles. The molecule has 7 heteroatoms. The number of nitrogens with zero attached hydrogens (tertiary/aromatic N) is 3. The van der Waals surface area contributed by atoms with Crippen LogP contribution in [0, 0.1) is 34.5 Å². The van der Waals surface area contributed by atoms with Gasteiger partial charge in [-0.05, 0) is 74.5 Å². The largest absolute Gasteiger partial charge is 0.379 e. The van der Waals surface area contributed by atoms with Crippen molar-refractivity contribution in [1.82, 2.24) is 9.80 Å². The molecular formula is C24H36N4O3. The molecule has 0 aromatic carbocycles. The minimum absolute atomic E-state index is 0.0435. The molecule has 2 heterocycles. The van der Waals surface area contributed by atoms with Crippen LogP contribution in [0.15, 0.2) is 0 Å². The summed E-state index contributed by atoms with van der Waals surface area (Å²) in [4.78, 5) is 17.9. The van der Waals surface area contributed by atoms with Crippen molar-refractivity contribution in [2.45, 2.75) is 75.1 Å². The second-order valence-electron chi connectivity index (χ2n) is 11.5. The topological polar surface area (TPSA) is 91.8 Å². The Bertz CT molecular complexity index is 761. The molecule has 31 heavy (non-hydrogen) atoms. The van der Waals surface area contributed by atoms with Crippen LogP contribution in [0.25, 0.3) is 0 Å². The number of amides is 1. The van der Waals surface area contributed by atoms with Crippen LogP contribution in [0.3, 0.4) is 0 Å². The van der Waals surface area contributed by atoms with Crippen molar-refractivity contribution in [1.29, 1.82) is 5.26 Å². The summed E-state index contributed by atoms with van der Waals surface area (Å²) in [6.07, 6.45) is 8.47. The van der Waals surface area contributed by atoms with Crippen LogP contribution in [0.5, 0.6) is 0 Å². The van der Waals surface area contributed by atoms with Crippen LogP contribution >= 0.6 is 0 Å². The number of piperidine rings is 1. The highest BCUT2D eigenvalue weighted by Gasteiger charge is 2.63. The monoisotopic (exact) mass is 428 g/mol. The van der Waals surface area contributed by atoms with Gasteiger partial charge in [-0.15, -0.1) is 0 Å². The molecule has 2 N–H and O–H groups in total. The SMILES string of the molecule is N#CC1CC2CC2N1C(=O)[C@@H](N)C12CC3CC(CC(OCCN4CCOCC4)(C3)C1)C2. The molecule has 7 aliphatic rings. The maximum Gasteiger partial charge on any atom is 0.241 e. The number of hydrogen-bond donors (Lipinski definition) is 1. The molecule has 0 aromatic rings. The number of nitriles is 1. The normalized spacial score (nSPS) is 46.6. The fraction of sp³-hybridized carbons (Fsp3) is 0.917. The lowest BCUT2D eigenvalue weighted by Crippen LogP contribution is -2.65. The maximum absolute atomic E-state index is 13.6. The van der Waals surface area contributed by atoms with Gasteiger partial charge in [0.25, 0.3) is 0 Å². The van der Waals surface area contributed by atoms with Gasteiger partial charge in [-0.25, -0.2) is 0 Å². The number of fused-ring (bicyclic) bond motifs is 1. The fourth-order valence-electron chi connectivity index (χ4n) is 8.31. The van der Waals surface area contributed by atoms with Crippen LogP contribution in [-0.2, 0) is 14.3 Å². The average Bonchev–Trinajstić information content (AvgIpc) is 3.42. The summed E-state index contributed by atoms with van der Waals surface area (Å²) in [5, 5.41) is 9.57. The second-order valence-corrected chi connectivity index (χ2v) is 11.5. The number of carbonyl (C=O) groups excluding carboxylic acids is 1. The molecule has 0 spiro atoms. The van der Waals surface area contributed by atoms with Crippen molar-refractivity contribution in [3.63, 3.8) is 0 Å². The first-order chi connectivity index (χ1) is 15.0. The van der Waals surface area contributed by atoms with E-state index in [9.17, 15) is 10.1 Å². The first kappa shape index (κ1) is 20.4. The van der Waals surface area contributed by atoms with E-state index >= 15 is 0 Å². The Balaban J connectivity index is 1.16. The summed E-state index contributed by atoms with van der Waals surface area (Å²) in [5.74, 6) is 1.83. The van der Waals surface area contributed by atoms with Crippen molar-refractivity contribution >= 4 is 5.91 Å². The third kappa shape index (κ3) is 3.42. The third-order valence-corrected chi connectivity index (χ3v) is 9.41. The summed E-state index contributed by atoms with van der Waals surface area (Å²) >= 11 is 0. The lowest BCUT2D eigenvalue weighted by molar-refractivity contribution is -0.202.